The molecule has 2 fully saturated rings. The standard InChI is InChI=1S/C19H29N3O2/c1-3-24-18-7-5-4-6-15(18)10-12-20-19(23)22-13-11-16-8-9-17(14-22)21(16)2/h4-7,16-17H,3,8-14H2,1-2H3,(H,20,23)/t16-,17+/m1/s1. The Hall–Kier alpha value is -1.75. The molecular weight excluding hydrogens is 302 g/mol. The van der Waals surface area contributed by atoms with Gasteiger partial charge in [0.05, 0.1) is 6.61 Å². The number of nitrogens with one attached hydrogen (secondary N) is 1. The molecule has 3 rings (SSSR count). The molecule has 2 heterocycles. The van der Waals surface area contributed by atoms with Crippen LogP contribution in [0.5, 0.6) is 5.75 Å². The van der Waals surface area contributed by atoms with Crippen LogP contribution in [-0.4, -0.2) is 61.2 Å². The quantitative estimate of drug-likeness (QED) is 0.902. The second-order valence-corrected chi connectivity index (χ2v) is 6.81. The van der Waals surface area contributed by atoms with E-state index in [4.69, 9.17) is 4.74 Å². The van der Waals surface area contributed by atoms with Gasteiger partial charge in [-0.25, -0.2) is 4.79 Å². The third-order valence-corrected chi connectivity index (χ3v) is 5.38. The smallest absolute Gasteiger partial charge is 0.317 e. The van der Waals surface area contributed by atoms with Crippen molar-refractivity contribution in [1.29, 1.82) is 0 Å². The highest BCUT2D eigenvalue weighted by molar-refractivity contribution is 5.74. The molecule has 24 heavy (non-hydrogen) atoms. The van der Waals surface area contributed by atoms with Gasteiger partial charge < -0.3 is 15.0 Å². The summed E-state index contributed by atoms with van der Waals surface area (Å²) in [6, 6.07) is 9.31. The van der Waals surface area contributed by atoms with E-state index in [-0.39, 0.29) is 6.03 Å². The van der Waals surface area contributed by atoms with Crippen LogP contribution >= 0.6 is 0 Å². The van der Waals surface area contributed by atoms with E-state index in [1.807, 2.05) is 30.0 Å². The summed E-state index contributed by atoms with van der Waals surface area (Å²) >= 11 is 0. The first kappa shape index (κ1) is 17.1. The minimum Gasteiger partial charge on any atom is -0.494 e. The maximum atomic E-state index is 12.5. The van der Waals surface area contributed by atoms with Crippen molar-refractivity contribution in [3.8, 4) is 5.75 Å². The fraction of sp³-hybridized carbons (Fsp3) is 0.632. The second-order valence-electron chi connectivity index (χ2n) is 6.81. The third kappa shape index (κ3) is 3.83. The summed E-state index contributed by atoms with van der Waals surface area (Å²) < 4.78 is 5.64. The van der Waals surface area contributed by atoms with Gasteiger partial charge in [-0.1, -0.05) is 18.2 Å². The number of amides is 2. The Morgan fingerprint density at radius 1 is 1.25 bits per heavy atom. The molecule has 0 unspecified atom stereocenters. The topological polar surface area (TPSA) is 44.8 Å². The Morgan fingerprint density at radius 3 is 2.88 bits per heavy atom. The van der Waals surface area contributed by atoms with Gasteiger partial charge >= 0.3 is 6.03 Å². The van der Waals surface area contributed by atoms with Crippen molar-refractivity contribution >= 4 is 6.03 Å². The van der Waals surface area contributed by atoms with Crippen molar-refractivity contribution in [2.75, 3.05) is 33.3 Å². The Balaban J connectivity index is 1.49. The van der Waals surface area contributed by atoms with Gasteiger partial charge in [0.2, 0.25) is 0 Å². The van der Waals surface area contributed by atoms with Crippen LogP contribution in [-0.2, 0) is 6.42 Å². The van der Waals surface area contributed by atoms with Gasteiger partial charge in [-0.05, 0) is 51.3 Å². The van der Waals surface area contributed by atoms with Gasteiger partial charge in [0.25, 0.3) is 0 Å². The monoisotopic (exact) mass is 331 g/mol. The number of likely N-dealkylation sites (tertiary alicyclic amines) is 1. The van der Waals surface area contributed by atoms with Crippen molar-refractivity contribution in [3.63, 3.8) is 0 Å². The van der Waals surface area contributed by atoms with Gasteiger partial charge in [-0.2, -0.15) is 0 Å². The number of carbonyl (C=O) groups is 1. The van der Waals surface area contributed by atoms with E-state index in [1.54, 1.807) is 0 Å². The fourth-order valence-corrected chi connectivity index (χ4v) is 3.92. The molecule has 0 aromatic heterocycles. The van der Waals surface area contributed by atoms with Crippen LogP contribution < -0.4 is 10.1 Å². The molecule has 2 bridgehead atoms. The van der Waals surface area contributed by atoms with E-state index in [1.165, 1.54) is 12.8 Å². The lowest BCUT2D eigenvalue weighted by molar-refractivity contribution is 0.188. The molecule has 2 atom stereocenters. The first-order valence-electron chi connectivity index (χ1n) is 9.14. The van der Waals surface area contributed by atoms with E-state index in [0.717, 1.165) is 37.2 Å². The Kier molecular flexibility index (Phi) is 5.61. The summed E-state index contributed by atoms with van der Waals surface area (Å²) in [7, 11) is 2.20. The molecule has 2 amide bonds. The predicted molar refractivity (Wildman–Crippen MR) is 95.5 cm³/mol. The fourth-order valence-electron chi connectivity index (χ4n) is 3.92. The van der Waals surface area contributed by atoms with Gasteiger partial charge in [-0.3, -0.25) is 4.90 Å². The van der Waals surface area contributed by atoms with Crippen molar-refractivity contribution < 1.29 is 9.53 Å². The van der Waals surface area contributed by atoms with E-state index in [2.05, 4.69) is 23.3 Å². The molecule has 2 aliphatic heterocycles. The number of carbonyl (C=O) groups excluding carboxylic acids is 1. The summed E-state index contributed by atoms with van der Waals surface area (Å²) in [6.45, 7) is 5.01. The number of urea groups is 1. The number of ether oxygens (including phenoxy) is 1. The van der Waals surface area contributed by atoms with E-state index in [0.29, 0.717) is 25.2 Å². The van der Waals surface area contributed by atoms with E-state index in [9.17, 15) is 4.79 Å². The molecule has 2 saturated heterocycles. The highest BCUT2D eigenvalue weighted by Crippen LogP contribution is 2.28. The average Bonchev–Trinajstić information content (AvgIpc) is 2.81. The van der Waals surface area contributed by atoms with Crippen LogP contribution in [0.25, 0.3) is 0 Å². The van der Waals surface area contributed by atoms with Crippen LogP contribution in [0.4, 0.5) is 4.79 Å². The zero-order valence-electron chi connectivity index (χ0n) is 14.8. The summed E-state index contributed by atoms with van der Waals surface area (Å²) in [6.07, 6.45) is 4.38. The number of rotatable bonds is 5. The zero-order valence-corrected chi connectivity index (χ0v) is 14.8. The average molecular weight is 331 g/mol. The number of likely N-dealkylation sites (N-methyl/N-ethyl adjacent to an activating group) is 1. The number of nitrogens with zero attached hydrogens (tertiary/aromatic N) is 2. The normalized spacial score (nSPS) is 23.8. The lowest BCUT2D eigenvalue weighted by Gasteiger charge is -2.26. The number of benzene rings is 1. The summed E-state index contributed by atoms with van der Waals surface area (Å²) in [5, 5.41) is 3.09. The highest BCUT2D eigenvalue weighted by Gasteiger charge is 2.35. The van der Waals surface area contributed by atoms with Gasteiger partial charge in [0, 0.05) is 31.7 Å². The molecule has 1 N–H and O–H groups in total. The number of hydrogen-bond acceptors (Lipinski definition) is 3. The first-order chi connectivity index (χ1) is 11.7. The van der Waals surface area contributed by atoms with Crippen molar-refractivity contribution in [2.45, 2.75) is 44.7 Å². The number of hydrogen-bond donors (Lipinski definition) is 1. The molecule has 0 radical (unpaired) electrons. The van der Waals surface area contributed by atoms with Crippen LogP contribution in [0.3, 0.4) is 0 Å². The Bertz CT molecular complexity index is 563. The first-order valence-corrected chi connectivity index (χ1v) is 9.14. The lowest BCUT2D eigenvalue weighted by atomic mass is 10.1. The molecule has 2 aliphatic rings. The molecule has 0 aliphatic carbocycles. The van der Waals surface area contributed by atoms with Gasteiger partial charge in [0.15, 0.2) is 0 Å². The maximum Gasteiger partial charge on any atom is 0.317 e. The molecule has 1 aromatic carbocycles. The third-order valence-electron chi connectivity index (χ3n) is 5.38. The number of para-hydroxylation sites is 1. The van der Waals surface area contributed by atoms with Gasteiger partial charge in [0.1, 0.15) is 5.75 Å². The zero-order chi connectivity index (χ0) is 16.9. The van der Waals surface area contributed by atoms with Crippen LogP contribution in [0.15, 0.2) is 24.3 Å². The molecular formula is C19H29N3O2. The summed E-state index contributed by atoms with van der Waals surface area (Å²) in [5.74, 6) is 0.919. The highest BCUT2D eigenvalue weighted by atomic mass is 16.5. The van der Waals surface area contributed by atoms with Crippen LogP contribution in [0, 0.1) is 0 Å². The van der Waals surface area contributed by atoms with Crippen molar-refractivity contribution in [2.24, 2.45) is 0 Å². The largest absolute Gasteiger partial charge is 0.494 e. The summed E-state index contributed by atoms with van der Waals surface area (Å²) in [4.78, 5) is 17.0. The van der Waals surface area contributed by atoms with Gasteiger partial charge in [-0.15, -0.1) is 0 Å². The minimum absolute atomic E-state index is 0.0739. The molecule has 132 valence electrons. The minimum atomic E-state index is 0.0739. The Labute approximate surface area is 145 Å². The predicted octanol–water partition coefficient (Wildman–Crippen LogP) is 2.51. The van der Waals surface area contributed by atoms with E-state index >= 15 is 0 Å². The van der Waals surface area contributed by atoms with E-state index < -0.39 is 0 Å². The molecule has 0 saturated carbocycles. The second kappa shape index (κ2) is 7.88. The van der Waals surface area contributed by atoms with Crippen LogP contribution in [0.1, 0.15) is 31.7 Å². The molecule has 0 spiro atoms. The molecule has 1 aromatic rings. The molecule has 5 nitrogen and oxygen atoms in total. The lowest BCUT2D eigenvalue weighted by Crippen LogP contribution is -2.45. The Morgan fingerprint density at radius 2 is 2.04 bits per heavy atom. The maximum absolute atomic E-state index is 12.5. The van der Waals surface area contributed by atoms with Crippen molar-refractivity contribution in [1.82, 2.24) is 15.1 Å². The SMILES string of the molecule is CCOc1ccccc1CCNC(=O)N1CC[C@H]2CC[C@@H](C1)N2C. The van der Waals surface area contributed by atoms with Crippen molar-refractivity contribution in [3.05, 3.63) is 29.8 Å². The number of fused-ring (bicyclic) bond motifs is 2. The van der Waals surface area contributed by atoms with Crippen LogP contribution in [0.2, 0.25) is 0 Å². The summed E-state index contributed by atoms with van der Waals surface area (Å²) in [5.41, 5.74) is 1.15. The molecule has 5 heteroatoms.